The van der Waals surface area contributed by atoms with Gasteiger partial charge in [-0.1, -0.05) is 6.07 Å². The molecule has 0 radical (unpaired) electrons. The smallest absolute Gasteiger partial charge is 0.338 e. The molecular formula is C21H28N3O5+. The number of carbonyl (C=O) groups excluding carboxylic acids is 2. The van der Waals surface area contributed by atoms with Gasteiger partial charge in [0.15, 0.2) is 11.5 Å². The maximum Gasteiger partial charge on any atom is 0.338 e. The summed E-state index contributed by atoms with van der Waals surface area (Å²) in [5.41, 5.74) is 1.87. The van der Waals surface area contributed by atoms with Crippen LogP contribution in [0.3, 0.4) is 0 Å². The Labute approximate surface area is 170 Å². The minimum atomic E-state index is -0.598. The summed E-state index contributed by atoms with van der Waals surface area (Å²) in [6.45, 7) is 4.90. The Balaban J connectivity index is 1.69. The number of fused-ring (bicyclic) bond motifs is 1. The Bertz CT molecular complexity index is 815. The summed E-state index contributed by atoms with van der Waals surface area (Å²) >= 11 is 0. The van der Waals surface area contributed by atoms with E-state index in [4.69, 9.17) is 14.2 Å². The highest BCUT2D eigenvalue weighted by Crippen LogP contribution is 2.37. The van der Waals surface area contributed by atoms with Gasteiger partial charge < -0.3 is 29.7 Å². The summed E-state index contributed by atoms with van der Waals surface area (Å²) in [7, 11) is 0. The highest BCUT2D eigenvalue weighted by molar-refractivity contribution is 5.95. The van der Waals surface area contributed by atoms with Crippen LogP contribution in [0, 0.1) is 0 Å². The second-order valence-electron chi connectivity index (χ2n) is 7.60. The fourth-order valence-electron chi connectivity index (χ4n) is 4.21. The zero-order valence-corrected chi connectivity index (χ0v) is 16.7. The summed E-state index contributed by atoms with van der Waals surface area (Å²) in [4.78, 5) is 26.7. The molecule has 8 heteroatoms. The Morgan fingerprint density at radius 2 is 1.93 bits per heavy atom. The molecule has 8 nitrogen and oxygen atoms in total. The third-order valence-corrected chi connectivity index (χ3v) is 5.62. The molecule has 3 aliphatic heterocycles. The van der Waals surface area contributed by atoms with Crippen molar-refractivity contribution in [2.24, 2.45) is 0 Å². The molecule has 1 aromatic carbocycles. The lowest BCUT2D eigenvalue weighted by Crippen LogP contribution is -3.12. The number of carbonyl (C=O) groups is 2. The predicted octanol–water partition coefficient (Wildman–Crippen LogP) is 1.05. The first-order chi connectivity index (χ1) is 14.2. The van der Waals surface area contributed by atoms with Crippen LogP contribution in [0.5, 0.6) is 11.5 Å². The van der Waals surface area contributed by atoms with Crippen molar-refractivity contribution in [2.45, 2.75) is 38.6 Å². The number of benzene rings is 1. The lowest BCUT2D eigenvalue weighted by atomic mass is 9.94. The van der Waals surface area contributed by atoms with Gasteiger partial charge in [-0.25, -0.2) is 9.59 Å². The Morgan fingerprint density at radius 3 is 2.69 bits per heavy atom. The summed E-state index contributed by atoms with van der Waals surface area (Å²) in [5, 5.41) is 5.76. The Hall–Kier alpha value is -2.74. The van der Waals surface area contributed by atoms with E-state index in [9.17, 15) is 9.59 Å². The maximum absolute atomic E-state index is 12.9. The molecule has 0 saturated carbocycles. The average molecular weight is 402 g/mol. The van der Waals surface area contributed by atoms with Crippen molar-refractivity contribution < 1.29 is 28.7 Å². The van der Waals surface area contributed by atoms with Gasteiger partial charge in [-0.2, -0.15) is 0 Å². The van der Waals surface area contributed by atoms with Crippen molar-refractivity contribution >= 4 is 12.0 Å². The highest BCUT2D eigenvalue weighted by Gasteiger charge is 2.36. The van der Waals surface area contributed by atoms with E-state index in [1.165, 1.54) is 17.7 Å². The van der Waals surface area contributed by atoms with E-state index in [1.54, 1.807) is 13.0 Å². The third-order valence-electron chi connectivity index (χ3n) is 5.62. The van der Waals surface area contributed by atoms with Crippen LogP contribution in [0.2, 0.25) is 0 Å². The van der Waals surface area contributed by atoms with E-state index in [0.717, 1.165) is 31.5 Å². The lowest BCUT2D eigenvalue weighted by Gasteiger charge is -2.30. The molecule has 0 unspecified atom stereocenters. The van der Waals surface area contributed by atoms with Crippen molar-refractivity contribution in [2.75, 3.05) is 33.0 Å². The quantitative estimate of drug-likeness (QED) is 0.641. The number of urea groups is 1. The first-order valence-electron chi connectivity index (χ1n) is 10.4. The topological polar surface area (TPSA) is 90.3 Å². The molecule has 1 fully saturated rings. The van der Waals surface area contributed by atoms with Gasteiger partial charge in [0.1, 0.15) is 6.54 Å². The molecule has 1 saturated heterocycles. The number of likely N-dealkylation sites (tertiary alicyclic amines) is 1. The zero-order valence-electron chi connectivity index (χ0n) is 16.7. The number of hydrogen-bond donors (Lipinski definition) is 3. The predicted molar refractivity (Wildman–Crippen MR) is 105 cm³/mol. The van der Waals surface area contributed by atoms with Gasteiger partial charge in [-0.05, 0) is 50.3 Å². The summed E-state index contributed by atoms with van der Waals surface area (Å²) in [5.74, 6) is 0.856. The second kappa shape index (κ2) is 8.73. The summed E-state index contributed by atoms with van der Waals surface area (Å²) in [6, 6.07) is 4.55. The normalized spacial score (nSPS) is 22.0. The average Bonchev–Trinajstić information content (AvgIpc) is 3.03. The van der Waals surface area contributed by atoms with Crippen LogP contribution >= 0.6 is 0 Å². The molecule has 29 heavy (non-hydrogen) atoms. The molecule has 3 aliphatic rings. The lowest BCUT2D eigenvalue weighted by molar-refractivity contribution is -0.894. The van der Waals surface area contributed by atoms with Gasteiger partial charge >= 0.3 is 12.0 Å². The highest BCUT2D eigenvalue weighted by atomic mass is 16.7. The fourth-order valence-corrected chi connectivity index (χ4v) is 4.21. The monoisotopic (exact) mass is 402 g/mol. The van der Waals surface area contributed by atoms with Crippen molar-refractivity contribution in [1.82, 2.24) is 10.6 Å². The number of esters is 1. The number of nitrogens with one attached hydrogen (secondary N) is 3. The SMILES string of the molecule is CCOC(=O)C1=C(C[NH+]2CCCCCC2)NC(=O)N[C@H]1c1ccc2c(c1)OCO2. The molecule has 156 valence electrons. The van der Waals surface area contributed by atoms with E-state index >= 15 is 0 Å². The van der Waals surface area contributed by atoms with Crippen LogP contribution in [-0.2, 0) is 9.53 Å². The number of hydrogen-bond acceptors (Lipinski definition) is 5. The minimum absolute atomic E-state index is 0.168. The van der Waals surface area contributed by atoms with Gasteiger partial charge in [-0.15, -0.1) is 0 Å². The van der Waals surface area contributed by atoms with Crippen LogP contribution in [0.25, 0.3) is 0 Å². The van der Waals surface area contributed by atoms with E-state index in [1.807, 2.05) is 12.1 Å². The molecule has 3 N–H and O–H groups in total. The molecule has 3 heterocycles. The first kappa shape index (κ1) is 19.6. The van der Waals surface area contributed by atoms with Crippen LogP contribution < -0.4 is 25.0 Å². The molecule has 0 aliphatic carbocycles. The first-order valence-corrected chi connectivity index (χ1v) is 10.4. The summed E-state index contributed by atoms with van der Waals surface area (Å²) in [6.07, 6.45) is 4.80. The van der Waals surface area contributed by atoms with E-state index < -0.39 is 12.0 Å². The van der Waals surface area contributed by atoms with Crippen LogP contribution in [0.4, 0.5) is 4.79 Å². The Morgan fingerprint density at radius 1 is 1.17 bits per heavy atom. The van der Waals surface area contributed by atoms with E-state index in [2.05, 4.69) is 10.6 Å². The number of quaternary nitrogens is 1. The maximum atomic E-state index is 12.9. The molecule has 4 rings (SSSR count). The Kier molecular flexibility index (Phi) is 5.89. The fraction of sp³-hybridized carbons (Fsp3) is 0.524. The van der Waals surface area contributed by atoms with Crippen molar-refractivity contribution in [3.8, 4) is 11.5 Å². The standard InChI is InChI=1S/C21H27N3O5/c1-2-27-20(25)18-15(12-24-9-5-3-4-6-10-24)22-21(26)23-19(18)14-7-8-16-17(11-14)29-13-28-16/h7-8,11,19H,2-6,9-10,12-13H2,1H3,(H2,22,23,26)/p+1/t19-/m0/s1. The zero-order chi connectivity index (χ0) is 20.2. The third kappa shape index (κ3) is 4.32. The van der Waals surface area contributed by atoms with Crippen molar-refractivity contribution in [3.63, 3.8) is 0 Å². The number of rotatable bonds is 5. The number of amides is 2. The van der Waals surface area contributed by atoms with Gasteiger partial charge in [0.25, 0.3) is 0 Å². The molecule has 1 aromatic rings. The molecule has 0 aromatic heterocycles. The van der Waals surface area contributed by atoms with Gasteiger partial charge in [-0.3, -0.25) is 0 Å². The number of ether oxygens (including phenoxy) is 3. The largest absolute Gasteiger partial charge is 0.463 e. The van der Waals surface area contributed by atoms with Crippen LogP contribution in [-0.4, -0.2) is 45.0 Å². The van der Waals surface area contributed by atoms with Crippen molar-refractivity contribution in [1.29, 1.82) is 0 Å². The van der Waals surface area contributed by atoms with Gasteiger partial charge in [0, 0.05) is 0 Å². The minimum Gasteiger partial charge on any atom is -0.463 e. The van der Waals surface area contributed by atoms with Crippen LogP contribution in [0.15, 0.2) is 29.5 Å². The van der Waals surface area contributed by atoms with E-state index in [0.29, 0.717) is 29.3 Å². The van der Waals surface area contributed by atoms with Gasteiger partial charge in [0.05, 0.1) is 37.0 Å². The molecule has 2 amide bonds. The molecule has 0 spiro atoms. The van der Waals surface area contributed by atoms with Crippen LogP contribution in [0.1, 0.15) is 44.2 Å². The molecular weight excluding hydrogens is 374 g/mol. The summed E-state index contributed by atoms with van der Waals surface area (Å²) < 4.78 is 16.2. The molecule has 0 bridgehead atoms. The van der Waals surface area contributed by atoms with Gasteiger partial charge in [0.2, 0.25) is 6.79 Å². The second-order valence-corrected chi connectivity index (χ2v) is 7.60. The van der Waals surface area contributed by atoms with Crippen molar-refractivity contribution in [3.05, 3.63) is 35.0 Å². The molecule has 1 atom stereocenters. The van der Waals surface area contributed by atoms with E-state index in [-0.39, 0.29) is 19.4 Å².